The Hall–Kier alpha value is -2.38. The van der Waals surface area contributed by atoms with Crippen molar-refractivity contribution < 1.29 is 14.3 Å². The molecule has 3 rings (SSSR count). The summed E-state index contributed by atoms with van der Waals surface area (Å²) in [6, 6.07) is 15.3. The number of nitrogens with zero attached hydrogens (tertiary/aromatic N) is 2. The third-order valence-electron chi connectivity index (χ3n) is 4.79. The predicted molar refractivity (Wildman–Crippen MR) is 117 cm³/mol. The van der Waals surface area contributed by atoms with Crippen molar-refractivity contribution in [3.63, 3.8) is 0 Å². The van der Waals surface area contributed by atoms with E-state index in [4.69, 9.17) is 4.74 Å². The molecule has 0 aromatic heterocycles. The van der Waals surface area contributed by atoms with E-state index >= 15 is 0 Å². The van der Waals surface area contributed by atoms with Gasteiger partial charge in [0.1, 0.15) is 12.4 Å². The number of carbonyl (C=O) groups excluding carboxylic acids is 2. The van der Waals surface area contributed by atoms with Crippen molar-refractivity contribution >= 4 is 33.4 Å². The van der Waals surface area contributed by atoms with E-state index in [9.17, 15) is 9.59 Å². The monoisotopic (exact) mass is 459 g/mol. The fraction of sp³-hybridized carbons (Fsp3) is 0.364. The van der Waals surface area contributed by atoms with Crippen molar-refractivity contribution in [1.82, 2.24) is 10.2 Å². The highest BCUT2D eigenvalue weighted by Gasteiger charge is 2.35. The van der Waals surface area contributed by atoms with Gasteiger partial charge in [-0.15, -0.1) is 0 Å². The molecule has 0 aliphatic carbocycles. The Bertz CT molecular complexity index is 872. The Morgan fingerprint density at radius 3 is 2.79 bits per heavy atom. The standard InChI is InChI=1S/C22H26BrN3O3/c1-25(2)9-10-29-20-8-3-5-16(11-20)14-24-22(28)17-12-21(27)26(15-17)19-7-4-6-18(23)13-19/h3-8,11,13,17H,9-10,12,14-15H2,1-2H3,(H,24,28). The molecule has 1 aliphatic heterocycles. The summed E-state index contributed by atoms with van der Waals surface area (Å²) in [5.41, 5.74) is 1.77. The lowest BCUT2D eigenvalue weighted by Crippen LogP contribution is -2.32. The van der Waals surface area contributed by atoms with Crippen molar-refractivity contribution in [3.05, 3.63) is 58.6 Å². The summed E-state index contributed by atoms with van der Waals surface area (Å²) in [4.78, 5) is 28.7. The Morgan fingerprint density at radius 1 is 1.24 bits per heavy atom. The number of hydrogen-bond donors (Lipinski definition) is 1. The number of anilines is 1. The number of carbonyl (C=O) groups is 2. The molecule has 0 bridgehead atoms. The summed E-state index contributed by atoms with van der Waals surface area (Å²) in [6.45, 7) is 2.25. The van der Waals surface area contributed by atoms with Gasteiger partial charge in [0.2, 0.25) is 11.8 Å². The molecule has 0 saturated carbocycles. The van der Waals surface area contributed by atoms with Gasteiger partial charge in [0, 0.05) is 36.2 Å². The highest BCUT2D eigenvalue weighted by atomic mass is 79.9. The molecule has 1 N–H and O–H groups in total. The second-order valence-electron chi connectivity index (χ2n) is 7.40. The molecule has 0 radical (unpaired) electrons. The second kappa shape index (κ2) is 9.89. The first-order chi connectivity index (χ1) is 13.9. The number of rotatable bonds is 8. The van der Waals surface area contributed by atoms with Crippen LogP contribution in [0.4, 0.5) is 5.69 Å². The Kier molecular flexibility index (Phi) is 7.28. The largest absolute Gasteiger partial charge is 0.492 e. The van der Waals surface area contributed by atoms with Gasteiger partial charge in [-0.3, -0.25) is 9.59 Å². The zero-order valence-corrected chi connectivity index (χ0v) is 18.3. The van der Waals surface area contributed by atoms with Gasteiger partial charge in [-0.1, -0.05) is 34.1 Å². The maximum Gasteiger partial charge on any atom is 0.227 e. The van der Waals surface area contributed by atoms with Crippen LogP contribution in [0, 0.1) is 5.92 Å². The highest BCUT2D eigenvalue weighted by molar-refractivity contribution is 9.10. The van der Waals surface area contributed by atoms with Gasteiger partial charge in [0.15, 0.2) is 0 Å². The third-order valence-corrected chi connectivity index (χ3v) is 5.28. The number of nitrogens with one attached hydrogen (secondary N) is 1. The van der Waals surface area contributed by atoms with Gasteiger partial charge < -0.3 is 19.9 Å². The molecule has 1 saturated heterocycles. The van der Waals surface area contributed by atoms with Gasteiger partial charge in [-0.25, -0.2) is 0 Å². The van der Waals surface area contributed by atoms with Crippen LogP contribution in [-0.4, -0.2) is 50.5 Å². The fourth-order valence-electron chi connectivity index (χ4n) is 3.20. The zero-order valence-electron chi connectivity index (χ0n) is 16.7. The molecule has 1 atom stereocenters. The first-order valence-corrected chi connectivity index (χ1v) is 10.4. The summed E-state index contributed by atoms with van der Waals surface area (Å²) in [5.74, 6) is 0.311. The SMILES string of the molecule is CN(C)CCOc1cccc(CNC(=O)C2CC(=O)N(c3cccc(Br)c3)C2)c1. The number of hydrogen-bond acceptors (Lipinski definition) is 4. The quantitative estimate of drug-likeness (QED) is 0.658. The van der Waals surface area contributed by atoms with Gasteiger partial charge >= 0.3 is 0 Å². The molecule has 6 nitrogen and oxygen atoms in total. The van der Waals surface area contributed by atoms with Gasteiger partial charge in [0.25, 0.3) is 0 Å². The lowest BCUT2D eigenvalue weighted by atomic mass is 10.1. The molecule has 154 valence electrons. The molecule has 29 heavy (non-hydrogen) atoms. The number of amides is 2. The van der Waals surface area contributed by atoms with Crippen molar-refractivity contribution in [2.45, 2.75) is 13.0 Å². The molecule has 0 spiro atoms. The van der Waals surface area contributed by atoms with Crippen LogP contribution in [0.25, 0.3) is 0 Å². The minimum Gasteiger partial charge on any atom is -0.492 e. The average Bonchev–Trinajstić information content (AvgIpc) is 3.08. The maximum atomic E-state index is 12.6. The summed E-state index contributed by atoms with van der Waals surface area (Å²) in [7, 11) is 4.00. The van der Waals surface area contributed by atoms with Crippen LogP contribution >= 0.6 is 15.9 Å². The van der Waals surface area contributed by atoms with E-state index in [2.05, 4.69) is 26.1 Å². The molecule has 1 unspecified atom stereocenters. The van der Waals surface area contributed by atoms with Gasteiger partial charge in [0.05, 0.1) is 5.92 Å². The minimum atomic E-state index is -0.346. The lowest BCUT2D eigenvalue weighted by molar-refractivity contribution is -0.126. The van der Waals surface area contributed by atoms with Crippen LogP contribution in [0.3, 0.4) is 0 Å². The average molecular weight is 460 g/mol. The molecule has 2 aromatic rings. The summed E-state index contributed by atoms with van der Waals surface area (Å²) in [6.07, 6.45) is 0.228. The molecule has 1 heterocycles. The zero-order chi connectivity index (χ0) is 20.8. The smallest absolute Gasteiger partial charge is 0.227 e. The number of benzene rings is 2. The van der Waals surface area contributed by atoms with Crippen LogP contribution < -0.4 is 15.0 Å². The molecular weight excluding hydrogens is 434 g/mol. The van der Waals surface area contributed by atoms with E-state index in [-0.39, 0.29) is 24.2 Å². The number of halogens is 1. The van der Waals surface area contributed by atoms with E-state index in [1.54, 1.807) is 4.90 Å². The van der Waals surface area contributed by atoms with Crippen LogP contribution in [0.15, 0.2) is 53.0 Å². The molecular formula is C22H26BrN3O3. The fourth-order valence-corrected chi connectivity index (χ4v) is 3.59. The van der Waals surface area contributed by atoms with Crippen molar-refractivity contribution in [2.75, 3.05) is 38.7 Å². The Balaban J connectivity index is 1.53. The van der Waals surface area contributed by atoms with E-state index in [0.29, 0.717) is 19.7 Å². The van der Waals surface area contributed by atoms with Crippen molar-refractivity contribution in [3.8, 4) is 5.75 Å². The lowest BCUT2D eigenvalue weighted by Gasteiger charge is -2.17. The predicted octanol–water partition coefficient (Wildman–Crippen LogP) is 3.06. The van der Waals surface area contributed by atoms with Gasteiger partial charge in [-0.05, 0) is 50.0 Å². The molecule has 1 fully saturated rings. The Morgan fingerprint density at radius 2 is 2.03 bits per heavy atom. The topological polar surface area (TPSA) is 61.9 Å². The van der Waals surface area contributed by atoms with Crippen molar-refractivity contribution in [2.24, 2.45) is 5.92 Å². The molecule has 2 aromatic carbocycles. The maximum absolute atomic E-state index is 12.6. The third kappa shape index (κ3) is 6.05. The molecule has 2 amide bonds. The molecule has 1 aliphatic rings. The van der Waals surface area contributed by atoms with E-state index in [1.807, 2.05) is 62.6 Å². The van der Waals surface area contributed by atoms with Gasteiger partial charge in [-0.2, -0.15) is 0 Å². The number of ether oxygens (including phenoxy) is 1. The summed E-state index contributed by atoms with van der Waals surface area (Å²) < 4.78 is 6.65. The molecule has 7 heteroatoms. The Labute approximate surface area is 180 Å². The van der Waals surface area contributed by atoms with Crippen LogP contribution in [0.5, 0.6) is 5.75 Å². The summed E-state index contributed by atoms with van der Waals surface area (Å²) in [5, 5.41) is 2.96. The first-order valence-electron chi connectivity index (χ1n) is 9.62. The normalized spacial score (nSPS) is 16.3. The van der Waals surface area contributed by atoms with Crippen LogP contribution in [0.1, 0.15) is 12.0 Å². The number of likely N-dealkylation sites (N-methyl/N-ethyl adjacent to an activating group) is 1. The minimum absolute atomic E-state index is 0.0282. The summed E-state index contributed by atoms with van der Waals surface area (Å²) >= 11 is 3.42. The van der Waals surface area contributed by atoms with Crippen LogP contribution in [0.2, 0.25) is 0 Å². The van der Waals surface area contributed by atoms with Crippen molar-refractivity contribution in [1.29, 1.82) is 0 Å². The van der Waals surface area contributed by atoms with E-state index in [0.717, 1.165) is 28.0 Å². The second-order valence-corrected chi connectivity index (χ2v) is 8.32. The van der Waals surface area contributed by atoms with Crippen LogP contribution in [-0.2, 0) is 16.1 Å². The first kappa shape index (κ1) is 21.3. The van der Waals surface area contributed by atoms with E-state index < -0.39 is 0 Å². The van der Waals surface area contributed by atoms with E-state index in [1.165, 1.54) is 0 Å². The highest BCUT2D eigenvalue weighted by Crippen LogP contribution is 2.27.